The van der Waals surface area contributed by atoms with Crippen LogP contribution in [-0.2, 0) is 4.79 Å². The predicted molar refractivity (Wildman–Crippen MR) is 77.2 cm³/mol. The highest BCUT2D eigenvalue weighted by Crippen LogP contribution is 2.36. The summed E-state index contributed by atoms with van der Waals surface area (Å²) in [6.45, 7) is 0. The number of aromatic amines is 1. The number of imidazole rings is 1. The van der Waals surface area contributed by atoms with Crippen molar-refractivity contribution in [1.82, 2.24) is 19.7 Å². The minimum Gasteiger partial charge on any atom is -0.348 e. The Morgan fingerprint density at radius 1 is 1.24 bits per heavy atom. The van der Waals surface area contributed by atoms with E-state index in [1.165, 1.54) is 0 Å². The largest absolute Gasteiger partial charge is 0.348 e. The summed E-state index contributed by atoms with van der Waals surface area (Å²) in [6.07, 6.45) is 5.64. The number of H-pyrrole nitrogens is 1. The monoisotopic (exact) mass is 279 g/mol. The first kappa shape index (κ1) is 11.9. The normalized spacial score (nSPS) is 17.3. The van der Waals surface area contributed by atoms with Gasteiger partial charge in [-0.1, -0.05) is 18.2 Å². The third kappa shape index (κ3) is 1.92. The maximum atomic E-state index is 12.0. The second kappa shape index (κ2) is 4.59. The summed E-state index contributed by atoms with van der Waals surface area (Å²) >= 11 is 0. The van der Waals surface area contributed by atoms with Gasteiger partial charge in [0.05, 0.1) is 17.8 Å². The van der Waals surface area contributed by atoms with Crippen molar-refractivity contribution >= 4 is 11.7 Å². The zero-order chi connectivity index (χ0) is 14.2. The van der Waals surface area contributed by atoms with Gasteiger partial charge in [-0.25, -0.2) is 9.67 Å². The van der Waals surface area contributed by atoms with Crippen molar-refractivity contribution in [2.45, 2.75) is 12.3 Å². The van der Waals surface area contributed by atoms with Gasteiger partial charge in [0, 0.05) is 24.4 Å². The molecule has 3 heterocycles. The third-order valence-electron chi connectivity index (χ3n) is 3.67. The lowest BCUT2D eigenvalue weighted by Crippen LogP contribution is -2.25. The molecule has 0 fully saturated rings. The summed E-state index contributed by atoms with van der Waals surface area (Å²) in [6, 6.07) is 9.74. The van der Waals surface area contributed by atoms with Crippen molar-refractivity contribution in [3.63, 3.8) is 0 Å². The number of nitrogens with zero attached hydrogens (tertiary/aromatic N) is 3. The molecule has 6 heteroatoms. The fourth-order valence-corrected chi connectivity index (χ4v) is 2.70. The van der Waals surface area contributed by atoms with Crippen LogP contribution in [0.2, 0.25) is 0 Å². The SMILES string of the molecule is O=C1CC(c2ncc[nH]2)c2cnn(-c3ccccc3)c2N1. The molecule has 104 valence electrons. The van der Waals surface area contributed by atoms with Crippen molar-refractivity contribution < 1.29 is 4.79 Å². The van der Waals surface area contributed by atoms with E-state index in [0.717, 1.165) is 22.9 Å². The van der Waals surface area contributed by atoms with Crippen LogP contribution in [0.1, 0.15) is 23.7 Å². The molecular weight excluding hydrogens is 266 g/mol. The fraction of sp³-hybridized carbons (Fsp3) is 0.133. The van der Waals surface area contributed by atoms with Gasteiger partial charge >= 0.3 is 0 Å². The second-order valence-electron chi connectivity index (χ2n) is 4.98. The number of nitrogens with one attached hydrogen (secondary N) is 2. The highest BCUT2D eigenvalue weighted by Gasteiger charge is 2.31. The zero-order valence-electron chi connectivity index (χ0n) is 11.2. The second-order valence-corrected chi connectivity index (χ2v) is 4.98. The fourth-order valence-electron chi connectivity index (χ4n) is 2.70. The van der Waals surface area contributed by atoms with Gasteiger partial charge in [0.25, 0.3) is 0 Å². The van der Waals surface area contributed by atoms with Crippen molar-refractivity contribution in [2.24, 2.45) is 0 Å². The summed E-state index contributed by atoms with van der Waals surface area (Å²) in [5, 5.41) is 7.34. The third-order valence-corrected chi connectivity index (χ3v) is 3.67. The Labute approximate surface area is 120 Å². The molecule has 0 saturated carbocycles. The molecule has 0 bridgehead atoms. The molecule has 21 heavy (non-hydrogen) atoms. The number of fused-ring (bicyclic) bond motifs is 1. The molecular formula is C15H13N5O. The average Bonchev–Trinajstić information content (AvgIpc) is 3.17. The highest BCUT2D eigenvalue weighted by atomic mass is 16.1. The first-order chi connectivity index (χ1) is 10.3. The molecule has 1 atom stereocenters. The van der Waals surface area contributed by atoms with Gasteiger partial charge in [0.15, 0.2) is 0 Å². The van der Waals surface area contributed by atoms with E-state index in [2.05, 4.69) is 20.4 Å². The number of hydrogen-bond acceptors (Lipinski definition) is 3. The Morgan fingerprint density at radius 2 is 2.10 bits per heavy atom. The van der Waals surface area contributed by atoms with Crippen molar-refractivity contribution in [3.05, 3.63) is 60.3 Å². The van der Waals surface area contributed by atoms with E-state index >= 15 is 0 Å². The van der Waals surface area contributed by atoms with Gasteiger partial charge in [-0.05, 0) is 12.1 Å². The van der Waals surface area contributed by atoms with Gasteiger partial charge in [0.1, 0.15) is 11.6 Å². The molecule has 3 aromatic rings. The van der Waals surface area contributed by atoms with Crippen molar-refractivity contribution in [1.29, 1.82) is 0 Å². The van der Waals surface area contributed by atoms with Crippen LogP contribution in [0.5, 0.6) is 0 Å². The number of carbonyl (C=O) groups excluding carboxylic acids is 1. The number of carbonyl (C=O) groups is 1. The molecule has 1 aromatic carbocycles. The predicted octanol–water partition coefficient (Wildman–Crippen LogP) is 2.07. The Morgan fingerprint density at radius 3 is 2.86 bits per heavy atom. The smallest absolute Gasteiger partial charge is 0.226 e. The van der Waals surface area contributed by atoms with E-state index < -0.39 is 0 Å². The van der Waals surface area contributed by atoms with E-state index in [1.54, 1.807) is 23.3 Å². The van der Waals surface area contributed by atoms with Crippen LogP contribution in [0.15, 0.2) is 48.9 Å². The lowest BCUT2D eigenvalue weighted by atomic mass is 9.93. The van der Waals surface area contributed by atoms with Crippen LogP contribution in [-0.4, -0.2) is 25.7 Å². The molecule has 0 spiro atoms. The van der Waals surface area contributed by atoms with Crippen molar-refractivity contribution in [3.8, 4) is 5.69 Å². The van der Waals surface area contributed by atoms with E-state index in [1.807, 2.05) is 30.3 Å². The van der Waals surface area contributed by atoms with E-state index in [4.69, 9.17) is 0 Å². The van der Waals surface area contributed by atoms with Gasteiger partial charge in [0.2, 0.25) is 5.91 Å². The topological polar surface area (TPSA) is 75.6 Å². The standard InChI is InChI=1S/C15H13N5O/c21-13-8-11(14-16-6-7-17-14)12-9-18-20(15(12)19-13)10-4-2-1-3-5-10/h1-7,9,11H,8H2,(H,16,17)(H,19,21). The van der Waals surface area contributed by atoms with Crippen LogP contribution < -0.4 is 5.32 Å². The van der Waals surface area contributed by atoms with Crippen LogP contribution in [0.4, 0.5) is 5.82 Å². The van der Waals surface area contributed by atoms with Crippen molar-refractivity contribution in [2.75, 3.05) is 5.32 Å². The average molecular weight is 279 g/mol. The van der Waals surface area contributed by atoms with E-state index in [0.29, 0.717) is 6.42 Å². The molecule has 6 nitrogen and oxygen atoms in total. The molecule has 1 unspecified atom stereocenters. The van der Waals surface area contributed by atoms with Crippen LogP contribution >= 0.6 is 0 Å². The lowest BCUT2D eigenvalue weighted by Gasteiger charge is -2.21. The number of anilines is 1. The lowest BCUT2D eigenvalue weighted by molar-refractivity contribution is -0.116. The summed E-state index contributed by atoms with van der Waals surface area (Å²) in [5.74, 6) is 1.40. The van der Waals surface area contributed by atoms with Gasteiger partial charge in [-0.2, -0.15) is 5.10 Å². The van der Waals surface area contributed by atoms with Gasteiger partial charge in [-0.15, -0.1) is 0 Å². The van der Waals surface area contributed by atoms with E-state index in [-0.39, 0.29) is 11.8 Å². The molecule has 0 saturated heterocycles. The molecule has 1 amide bonds. The first-order valence-corrected chi connectivity index (χ1v) is 6.75. The minimum atomic E-state index is -0.0822. The molecule has 4 rings (SSSR count). The van der Waals surface area contributed by atoms with Gasteiger partial charge < -0.3 is 10.3 Å². The molecule has 0 radical (unpaired) electrons. The summed E-state index contributed by atoms with van der Waals surface area (Å²) in [5.41, 5.74) is 1.90. The van der Waals surface area contributed by atoms with E-state index in [9.17, 15) is 4.79 Å². The summed E-state index contributed by atoms with van der Waals surface area (Å²) < 4.78 is 1.75. The van der Waals surface area contributed by atoms with Crippen LogP contribution in [0.3, 0.4) is 0 Å². The number of hydrogen-bond donors (Lipinski definition) is 2. The first-order valence-electron chi connectivity index (χ1n) is 6.75. The number of para-hydroxylation sites is 1. The molecule has 1 aliphatic rings. The molecule has 2 aromatic heterocycles. The highest BCUT2D eigenvalue weighted by molar-refractivity contribution is 5.94. The Balaban J connectivity index is 1.84. The number of amides is 1. The quantitative estimate of drug-likeness (QED) is 0.754. The van der Waals surface area contributed by atoms with Gasteiger partial charge in [-0.3, -0.25) is 4.79 Å². The molecule has 1 aliphatic heterocycles. The number of rotatable bonds is 2. The maximum Gasteiger partial charge on any atom is 0.226 e. The van der Waals surface area contributed by atoms with Crippen LogP contribution in [0, 0.1) is 0 Å². The Kier molecular flexibility index (Phi) is 2.60. The van der Waals surface area contributed by atoms with Crippen LogP contribution in [0.25, 0.3) is 5.69 Å². The molecule has 2 N–H and O–H groups in total. The Bertz CT molecular complexity index is 776. The minimum absolute atomic E-state index is 0.0263. The summed E-state index contributed by atoms with van der Waals surface area (Å²) in [4.78, 5) is 19.4. The summed E-state index contributed by atoms with van der Waals surface area (Å²) in [7, 11) is 0. The molecule has 0 aliphatic carbocycles. The number of aromatic nitrogens is 4. The Hall–Kier alpha value is -2.89. The zero-order valence-corrected chi connectivity index (χ0v) is 11.2. The number of benzene rings is 1. The maximum absolute atomic E-state index is 12.0.